The van der Waals surface area contributed by atoms with Crippen LogP contribution in [0.5, 0.6) is 5.75 Å². The molecule has 0 radical (unpaired) electrons. The van der Waals surface area contributed by atoms with Crippen LogP contribution in [0.2, 0.25) is 0 Å². The summed E-state index contributed by atoms with van der Waals surface area (Å²) < 4.78 is 21.4. The minimum atomic E-state index is -0.335. The van der Waals surface area contributed by atoms with E-state index in [9.17, 15) is 4.39 Å². The molecular formula is C18H21FN4O. The Kier molecular flexibility index (Phi) is 4.64. The van der Waals surface area contributed by atoms with Crippen LogP contribution in [-0.2, 0) is 6.54 Å². The molecule has 6 heteroatoms. The first kappa shape index (κ1) is 16.2. The molecule has 0 bridgehead atoms. The van der Waals surface area contributed by atoms with Gasteiger partial charge < -0.3 is 14.6 Å². The third kappa shape index (κ3) is 3.32. The summed E-state index contributed by atoms with van der Waals surface area (Å²) in [4.78, 5) is 8.68. The molecular weight excluding hydrogens is 307 g/mol. The van der Waals surface area contributed by atoms with E-state index < -0.39 is 0 Å². The van der Waals surface area contributed by atoms with Gasteiger partial charge in [0.05, 0.1) is 17.3 Å². The van der Waals surface area contributed by atoms with Crippen molar-refractivity contribution in [2.45, 2.75) is 39.8 Å². The van der Waals surface area contributed by atoms with Crippen LogP contribution in [0, 0.1) is 5.82 Å². The fourth-order valence-electron chi connectivity index (χ4n) is 2.63. The van der Waals surface area contributed by atoms with Gasteiger partial charge in [0.15, 0.2) is 5.82 Å². The van der Waals surface area contributed by atoms with Gasteiger partial charge in [0.2, 0.25) is 0 Å². The second-order valence-corrected chi connectivity index (χ2v) is 5.90. The fourth-order valence-corrected chi connectivity index (χ4v) is 2.63. The Bertz CT molecular complexity index is 844. The molecule has 0 saturated heterocycles. The van der Waals surface area contributed by atoms with Crippen molar-refractivity contribution in [2.24, 2.45) is 0 Å². The maximum absolute atomic E-state index is 13.6. The third-order valence-electron chi connectivity index (χ3n) is 3.57. The quantitative estimate of drug-likeness (QED) is 0.723. The number of anilines is 2. The third-order valence-corrected chi connectivity index (χ3v) is 3.57. The van der Waals surface area contributed by atoms with Gasteiger partial charge in [-0.3, -0.25) is 0 Å². The smallest absolute Gasteiger partial charge is 0.158 e. The zero-order valence-electron chi connectivity index (χ0n) is 14.1. The van der Waals surface area contributed by atoms with Crippen LogP contribution < -0.4 is 10.1 Å². The minimum absolute atomic E-state index is 0.0540. The Balaban J connectivity index is 2.02. The molecule has 24 heavy (non-hydrogen) atoms. The van der Waals surface area contributed by atoms with Gasteiger partial charge in [0.25, 0.3) is 0 Å². The number of aryl methyl sites for hydroxylation is 1. The Hall–Kier alpha value is -2.63. The number of benzene rings is 1. The molecule has 2 heterocycles. The van der Waals surface area contributed by atoms with Crippen LogP contribution >= 0.6 is 0 Å². The van der Waals surface area contributed by atoms with E-state index in [-0.39, 0.29) is 11.9 Å². The maximum Gasteiger partial charge on any atom is 0.158 e. The largest absolute Gasteiger partial charge is 0.489 e. The number of rotatable bonds is 6. The summed E-state index contributed by atoms with van der Waals surface area (Å²) in [6, 6.07) is 6.41. The van der Waals surface area contributed by atoms with Gasteiger partial charge in [0.1, 0.15) is 23.4 Å². The Morgan fingerprint density at radius 2 is 2.08 bits per heavy atom. The Labute approximate surface area is 140 Å². The van der Waals surface area contributed by atoms with E-state index in [0.29, 0.717) is 17.3 Å². The molecule has 126 valence electrons. The highest BCUT2D eigenvalue weighted by Gasteiger charge is 2.13. The van der Waals surface area contributed by atoms with Gasteiger partial charge in [-0.1, -0.05) is 6.92 Å². The zero-order chi connectivity index (χ0) is 17.1. The monoisotopic (exact) mass is 328 g/mol. The average Bonchev–Trinajstić information content (AvgIpc) is 2.94. The summed E-state index contributed by atoms with van der Waals surface area (Å²) in [6.45, 7) is 6.82. The van der Waals surface area contributed by atoms with Gasteiger partial charge in [0, 0.05) is 18.8 Å². The van der Waals surface area contributed by atoms with Crippen LogP contribution in [0.3, 0.4) is 0 Å². The highest BCUT2D eigenvalue weighted by molar-refractivity contribution is 5.88. The Morgan fingerprint density at radius 3 is 2.83 bits per heavy atom. The summed E-state index contributed by atoms with van der Waals surface area (Å²) >= 11 is 0. The van der Waals surface area contributed by atoms with Crippen molar-refractivity contribution in [2.75, 3.05) is 5.32 Å². The molecule has 1 N–H and O–H groups in total. The van der Waals surface area contributed by atoms with E-state index in [1.165, 1.54) is 18.5 Å². The molecule has 0 aliphatic heterocycles. The van der Waals surface area contributed by atoms with Crippen LogP contribution in [0.25, 0.3) is 11.0 Å². The van der Waals surface area contributed by atoms with Crippen molar-refractivity contribution in [3.05, 3.63) is 42.6 Å². The molecule has 0 saturated carbocycles. The number of halogens is 1. The van der Waals surface area contributed by atoms with E-state index >= 15 is 0 Å². The molecule has 0 amide bonds. The van der Waals surface area contributed by atoms with E-state index in [1.807, 2.05) is 26.1 Å². The van der Waals surface area contributed by atoms with E-state index in [1.54, 1.807) is 6.07 Å². The Morgan fingerprint density at radius 1 is 1.25 bits per heavy atom. The average molecular weight is 328 g/mol. The molecule has 0 aliphatic rings. The zero-order valence-corrected chi connectivity index (χ0v) is 14.1. The highest BCUT2D eigenvalue weighted by Crippen LogP contribution is 2.31. The number of aromatic nitrogens is 3. The van der Waals surface area contributed by atoms with Crippen molar-refractivity contribution in [3.63, 3.8) is 0 Å². The second-order valence-electron chi connectivity index (χ2n) is 5.90. The van der Waals surface area contributed by atoms with Gasteiger partial charge in [-0.15, -0.1) is 0 Å². The molecule has 0 atom stereocenters. The fraction of sp³-hybridized carbons (Fsp3) is 0.333. The molecule has 2 aromatic heterocycles. The summed E-state index contributed by atoms with van der Waals surface area (Å²) in [5.41, 5.74) is 2.47. The molecule has 1 aromatic carbocycles. The minimum Gasteiger partial charge on any atom is -0.489 e. The summed E-state index contributed by atoms with van der Waals surface area (Å²) in [6.07, 6.45) is 4.48. The first-order valence-corrected chi connectivity index (χ1v) is 8.11. The van der Waals surface area contributed by atoms with Crippen LogP contribution in [0.15, 0.2) is 36.8 Å². The number of nitrogens with one attached hydrogen (secondary N) is 1. The predicted molar refractivity (Wildman–Crippen MR) is 93.3 cm³/mol. The van der Waals surface area contributed by atoms with Gasteiger partial charge >= 0.3 is 0 Å². The van der Waals surface area contributed by atoms with Crippen LogP contribution in [-0.4, -0.2) is 20.6 Å². The molecule has 0 fully saturated rings. The SMILES string of the molecule is CCCn1ccc2ncnc(Nc3ccc(F)cc3OC(C)C)c21. The van der Waals surface area contributed by atoms with Gasteiger partial charge in [-0.25, -0.2) is 14.4 Å². The second kappa shape index (κ2) is 6.86. The van der Waals surface area contributed by atoms with Crippen LogP contribution in [0.4, 0.5) is 15.9 Å². The van der Waals surface area contributed by atoms with Crippen molar-refractivity contribution in [1.29, 1.82) is 0 Å². The van der Waals surface area contributed by atoms with E-state index in [4.69, 9.17) is 4.74 Å². The van der Waals surface area contributed by atoms with Gasteiger partial charge in [-0.05, 0) is 38.5 Å². The number of fused-ring (bicyclic) bond motifs is 1. The van der Waals surface area contributed by atoms with E-state index in [2.05, 4.69) is 26.8 Å². The molecule has 3 aromatic rings. The van der Waals surface area contributed by atoms with Crippen molar-refractivity contribution >= 4 is 22.5 Å². The highest BCUT2D eigenvalue weighted by atomic mass is 19.1. The summed E-state index contributed by atoms with van der Waals surface area (Å²) in [5.74, 6) is 0.808. The lowest BCUT2D eigenvalue weighted by Crippen LogP contribution is -2.08. The molecule has 0 spiro atoms. The van der Waals surface area contributed by atoms with Crippen molar-refractivity contribution in [1.82, 2.24) is 14.5 Å². The topological polar surface area (TPSA) is 52.0 Å². The van der Waals surface area contributed by atoms with Crippen molar-refractivity contribution < 1.29 is 9.13 Å². The number of hydrogen-bond donors (Lipinski definition) is 1. The van der Waals surface area contributed by atoms with E-state index in [0.717, 1.165) is 24.0 Å². The normalized spacial score (nSPS) is 11.2. The lowest BCUT2D eigenvalue weighted by atomic mass is 10.2. The first-order chi connectivity index (χ1) is 11.6. The predicted octanol–water partition coefficient (Wildman–Crippen LogP) is 4.51. The number of ether oxygens (including phenoxy) is 1. The summed E-state index contributed by atoms with van der Waals surface area (Å²) in [5, 5.41) is 3.27. The molecule has 0 aliphatic carbocycles. The number of hydrogen-bond acceptors (Lipinski definition) is 4. The molecule has 0 unspecified atom stereocenters. The van der Waals surface area contributed by atoms with Crippen LogP contribution in [0.1, 0.15) is 27.2 Å². The number of nitrogens with zero attached hydrogens (tertiary/aromatic N) is 3. The van der Waals surface area contributed by atoms with Crippen molar-refractivity contribution in [3.8, 4) is 5.75 Å². The lowest BCUT2D eigenvalue weighted by Gasteiger charge is -2.16. The molecule has 3 rings (SSSR count). The standard InChI is InChI=1S/C18H21FN4O/c1-4-8-23-9-7-15-17(23)18(21-11-20-15)22-14-6-5-13(19)10-16(14)24-12(2)3/h5-7,9-12H,4,8H2,1-3H3,(H,20,21,22). The molecule has 5 nitrogen and oxygen atoms in total. The summed E-state index contributed by atoms with van der Waals surface area (Å²) in [7, 11) is 0. The van der Waals surface area contributed by atoms with Gasteiger partial charge in [-0.2, -0.15) is 0 Å². The maximum atomic E-state index is 13.6. The lowest BCUT2D eigenvalue weighted by molar-refractivity contribution is 0.243. The first-order valence-electron chi connectivity index (χ1n) is 8.11.